The number of methoxy groups -OCH3 is 1. The van der Waals surface area contributed by atoms with Crippen LogP contribution in [0.4, 0.5) is 0 Å². The van der Waals surface area contributed by atoms with Crippen molar-refractivity contribution >= 4 is 0 Å². The van der Waals surface area contributed by atoms with Crippen molar-refractivity contribution in [2.24, 2.45) is 0 Å². The van der Waals surface area contributed by atoms with Crippen LogP contribution in [0.5, 0.6) is 11.5 Å². The molecule has 0 aliphatic heterocycles. The first-order valence-electron chi connectivity index (χ1n) is 7.37. The summed E-state index contributed by atoms with van der Waals surface area (Å²) in [7, 11) is 1.66. The molecule has 0 aliphatic carbocycles. The summed E-state index contributed by atoms with van der Waals surface area (Å²) in [6.45, 7) is 4.71. The van der Waals surface area contributed by atoms with Crippen molar-refractivity contribution < 1.29 is 9.47 Å². The molecule has 0 spiro atoms. The normalized spacial score (nSPS) is 10.4. The molecule has 2 rings (SSSR count). The third kappa shape index (κ3) is 5.12. The molecule has 0 aromatic heterocycles. The molecule has 0 saturated carbocycles. The van der Waals surface area contributed by atoms with Gasteiger partial charge >= 0.3 is 0 Å². The number of hydrogen-bond donors (Lipinski definition) is 1. The van der Waals surface area contributed by atoms with E-state index in [4.69, 9.17) is 9.47 Å². The summed E-state index contributed by atoms with van der Waals surface area (Å²) < 4.78 is 10.9. The molecule has 2 aromatic rings. The zero-order chi connectivity index (χ0) is 14.9. The monoisotopic (exact) mass is 285 g/mol. The first-order valence-corrected chi connectivity index (χ1v) is 7.37. The lowest BCUT2D eigenvalue weighted by atomic mass is 10.1. The van der Waals surface area contributed by atoms with E-state index in [-0.39, 0.29) is 0 Å². The Kier molecular flexibility index (Phi) is 6.10. The van der Waals surface area contributed by atoms with Crippen LogP contribution in [0.15, 0.2) is 48.5 Å². The maximum absolute atomic E-state index is 5.80. The van der Waals surface area contributed by atoms with E-state index in [1.807, 2.05) is 24.3 Å². The van der Waals surface area contributed by atoms with Gasteiger partial charge in [0.15, 0.2) is 0 Å². The topological polar surface area (TPSA) is 30.5 Å². The average Bonchev–Trinajstić information content (AvgIpc) is 2.54. The van der Waals surface area contributed by atoms with Gasteiger partial charge in [-0.15, -0.1) is 0 Å². The molecule has 0 aliphatic rings. The van der Waals surface area contributed by atoms with E-state index >= 15 is 0 Å². The molecule has 112 valence electrons. The van der Waals surface area contributed by atoms with Gasteiger partial charge in [-0.2, -0.15) is 0 Å². The molecule has 21 heavy (non-hydrogen) atoms. The van der Waals surface area contributed by atoms with Gasteiger partial charge in [-0.05, 0) is 48.4 Å². The zero-order valence-corrected chi connectivity index (χ0v) is 12.8. The Morgan fingerprint density at radius 1 is 0.952 bits per heavy atom. The molecule has 0 atom stereocenters. The molecule has 0 fully saturated rings. The van der Waals surface area contributed by atoms with Crippen LogP contribution in [0.3, 0.4) is 0 Å². The summed E-state index contributed by atoms with van der Waals surface area (Å²) in [5, 5.41) is 3.41. The van der Waals surface area contributed by atoms with Crippen molar-refractivity contribution in [3.63, 3.8) is 0 Å². The van der Waals surface area contributed by atoms with Gasteiger partial charge in [0.1, 0.15) is 18.1 Å². The van der Waals surface area contributed by atoms with E-state index in [2.05, 4.69) is 36.5 Å². The average molecular weight is 285 g/mol. The molecule has 0 heterocycles. The molecule has 1 N–H and O–H groups in total. The maximum atomic E-state index is 5.80. The second-order valence-corrected chi connectivity index (χ2v) is 4.96. The van der Waals surface area contributed by atoms with Crippen LogP contribution in [0.1, 0.15) is 24.5 Å². The van der Waals surface area contributed by atoms with Crippen molar-refractivity contribution in [1.82, 2.24) is 5.32 Å². The standard InChI is InChI=1S/C18H23NO2/c1-3-11-19-13-15-5-4-6-16(12-15)14-21-18-9-7-17(20-2)8-10-18/h4-10,12,19H,3,11,13-14H2,1-2H3. The number of ether oxygens (including phenoxy) is 2. The lowest BCUT2D eigenvalue weighted by Crippen LogP contribution is -2.13. The predicted molar refractivity (Wildman–Crippen MR) is 85.8 cm³/mol. The highest BCUT2D eigenvalue weighted by Gasteiger charge is 1.99. The molecule has 3 heteroatoms. The fourth-order valence-electron chi connectivity index (χ4n) is 2.08. The van der Waals surface area contributed by atoms with Crippen LogP contribution in [0.2, 0.25) is 0 Å². The minimum atomic E-state index is 0.577. The van der Waals surface area contributed by atoms with E-state index in [1.165, 1.54) is 11.1 Å². The van der Waals surface area contributed by atoms with Crippen LogP contribution >= 0.6 is 0 Å². The number of hydrogen-bond acceptors (Lipinski definition) is 3. The van der Waals surface area contributed by atoms with Crippen molar-refractivity contribution in [1.29, 1.82) is 0 Å². The Morgan fingerprint density at radius 3 is 2.38 bits per heavy atom. The molecule has 3 nitrogen and oxygen atoms in total. The minimum Gasteiger partial charge on any atom is -0.497 e. The molecule has 2 aromatic carbocycles. The smallest absolute Gasteiger partial charge is 0.120 e. The Balaban J connectivity index is 1.88. The van der Waals surface area contributed by atoms with Gasteiger partial charge in [0, 0.05) is 6.54 Å². The summed E-state index contributed by atoms with van der Waals surface area (Å²) in [6, 6.07) is 16.1. The van der Waals surface area contributed by atoms with Crippen molar-refractivity contribution in [3.8, 4) is 11.5 Å². The molecule has 0 unspecified atom stereocenters. The molecular formula is C18H23NO2. The Bertz CT molecular complexity index is 537. The lowest BCUT2D eigenvalue weighted by molar-refractivity contribution is 0.305. The Morgan fingerprint density at radius 2 is 1.67 bits per heavy atom. The highest BCUT2D eigenvalue weighted by molar-refractivity contribution is 5.31. The van der Waals surface area contributed by atoms with Crippen LogP contribution in [-0.2, 0) is 13.2 Å². The fourth-order valence-corrected chi connectivity index (χ4v) is 2.08. The summed E-state index contributed by atoms with van der Waals surface area (Å²) in [5.41, 5.74) is 2.47. The van der Waals surface area contributed by atoms with E-state index in [0.29, 0.717) is 6.61 Å². The molecule has 0 bridgehead atoms. The van der Waals surface area contributed by atoms with E-state index < -0.39 is 0 Å². The van der Waals surface area contributed by atoms with Crippen molar-refractivity contribution in [3.05, 3.63) is 59.7 Å². The van der Waals surface area contributed by atoms with Gasteiger partial charge in [0.2, 0.25) is 0 Å². The van der Waals surface area contributed by atoms with Gasteiger partial charge in [-0.25, -0.2) is 0 Å². The van der Waals surface area contributed by atoms with Gasteiger partial charge < -0.3 is 14.8 Å². The molecule has 0 amide bonds. The van der Waals surface area contributed by atoms with E-state index in [1.54, 1.807) is 7.11 Å². The van der Waals surface area contributed by atoms with Gasteiger partial charge in [-0.3, -0.25) is 0 Å². The third-order valence-corrected chi connectivity index (χ3v) is 3.21. The maximum Gasteiger partial charge on any atom is 0.120 e. The lowest BCUT2D eigenvalue weighted by Gasteiger charge is -2.09. The molecule has 0 radical (unpaired) electrons. The summed E-state index contributed by atoms with van der Waals surface area (Å²) >= 11 is 0. The summed E-state index contributed by atoms with van der Waals surface area (Å²) in [5.74, 6) is 1.69. The van der Waals surface area contributed by atoms with E-state index in [9.17, 15) is 0 Å². The van der Waals surface area contributed by atoms with Crippen molar-refractivity contribution in [2.45, 2.75) is 26.5 Å². The minimum absolute atomic E-state index is 0.577. The predicted octanol–water partition coefficient (Wildman–Crippen LogP) is 3.77. The number of benzene rings is 2. The Hall–Kier alpha value is -2.00. The quantitative estimate of drug-likeness (QED) is 0.749. The Labute approximate surface area is 126 Å². The van der Waals surface area contributed by atoms with Gasteiger partial charge in [0.25, 0.3) is 0 Å². The number of rotatable bonds is 8. The van der Waals surface area contributed by atoms with Crippen LogP contribution in [0.25, 0.3) is 0 Å². The first kappa shape index (κ1) is 15.4. The van der Waals surface area contributed by atoms with Crippen LogP contribution < -0.4 is 14.8 Å². The van der Waals surface area contributed by atoms with Crippen LogP contribution in [0, 0.1) is 0 Å². The zero-order valence-electron chi connectivity index (χ0n) is 12.8. The first-order chi connectivity index (χ1) is 10.3. The van der Waals surface area contributed by atoms with Crippen LogP contribution in [-0.4, -0.2) is 13.7 Å². The van der Waals surface area contributed by atoms with Crippen molar-refractivity contribution in [2.75, 3.05) is 13.7 Å². The van der Waals surface area contributed by atoms with E-state index in [0.717, 1.165) is 31.0 Å². The SMILES string of the molecule is CCCNCc1cccc(COc2ccc(OC)cc2)c1. The van der Waals surface area contributed by atoms with Gasteiger partial charge in [-0.1, -0.05) is 31.2 Å². The second kappa shape index (κ2) is 8.32. The number of nitrogens with one attached hydrogen (secondary N) is 1. The summed E-state index contributed by atoms with van der Waals surface area (Å²) in [6.07, 6.45) is 1.15. The fraction of sp³-hybridized carbons (Fsp3) is 0.333. The summed E-state index contributed by atoms with van der Waals surface area (Å²) in [4.78, 5) is 0. The van der Waals surface area contributed by atoms with Gasteiger partial charge in [0.05, 0.1) is 7.11 Å². The molecular weight excluding hydrogens is 262 g/mol. The highest BCUT2D eigenvalue weighted by atomic mass is 16.5. The third-order valence-electron chi connectivity index (χ3n) is 3.21. The second-order valence-electron chi connectivity index (χ2n) is 4.96. The largest absolute Gasteiger partial charge is 0.497 e. The highest BCUT2D eigenvalue weighted by Crippen LogP contribution is 2.18. The molecule has 0 saturated heterocycles.